The second kappa shape index (κ2) is 13.3. The van der Waals surface area contributed by atoms with Crippen LogP contribution in [0.15, 0.2) is 91.0 Å². The Hall–Kier alpha value is -4.09. The second-order valence-corrected chi connectivity index (χ2v) is 10.0. The minimum Gasteiger partial charge on any atom is -0.457 e. The van der Waals surface area contributed by atoms with E-state index in [1.165, 1.54) is 30.5 Å². The normalized spacial score (nSPS) is 10.9. The predicted octanol–water partition coefficient (Wildman–Crippen LogP) is 8.81. The van der Waals surface area contributed by atoms with Gasteiger partial charge in [0.25, 0.3) is 0 Å². The van der Waals surface area contributed by atoms with E-state index in [2.05, 4.69) is 25.6 Å². The van der Waals surface area contributed by atoms with E-state index in [1.54, 1.807) is 43.3 Å². The van der Waals surface area contributed by atoms with E-state index in [9.17, 15) is 9.90 Å². The van der Waals surface area contributed by atoms with Gasteiger partial charge in [-0.05, 0) is 76.9 Å². The summed E-state index contributed by atoms with van der Waals surface area (Å²) in [6, 6.07) is 22.9. The van der Waals surface area contributed by atoms with Crippen molar-refractivity contribution in [2.45, 2.75) is 52.7 Å². The minimum atomic E-state index is -0.544. The lowest BCUT2D eigenvalue weighted by molar-refractivity contribution is -0.140. The molecule has 0 saturated carbocycles. The lowest BCUT2D eigenvalue weighted by atomic mass is 9.95. The molecular formula is C35H34F2O3. The van der Waals surface area contributed by atoms with Crippen LogP contribution in [-0.4, -0.2) is 11.1 Å². The molecule has 4 rings (SSSR count). The maximum atomic E-state index is 15.3. The molecule has 0 atom stereocenters. The van der Waals surface area contributed by atoms with Crippen molar-refractivity contribution in [2.75, 3.05) is 0 Å². The molecule has 0 heterocycles. The Morgan fingerprint density at radius 1 is 0.775 bits per heavy atom. The summed E-state index contributed by atoms with van der Waals surface area (Å²) in [6.07, 6.45) is 4.59. The molecule has 0 spiro atoms. The highest BCUT2D eigenvalue weighted by Crippen LogP contribution is 2.32. The van der Waals surface area contributed by atoms with Crippen molar-refractivity contribution in [1.82, 2.24) is 0 Å². The summed E-state index contributed by atoms with van der Waals surface area (Å²) in [5.41, 5.74) is 5.98. The molecule has 1 N–H and O–H groups in total. The van der Waals surface area contributed by atoms with Crippen LogP contribution in [-0.2, 0) is 29.2 Å². The predicted molar refractivity (Wildman–Crippen MR) is 156 cm³/mol. The Bertz CT molecular complexity index is 1510. The molecule has 3 nitrogen and oxygen atoms in total. The standard InChI is InChI=1S/C35H34F2O3/c1-4-5-6-7-24-8-10-25(11-9-24)26-14-16-32(33(36)19-26)28-15-17-31(34(37)20-28)27-12-13-29(21-38)30(18-27)22-40-35(39)23(2)3/h8-20,38H,2,4-7,21-22H2,1,3H3. The van der Waals surface area contributed by atoms with Gasteiger partial charge >= 0.3 is 5.97 Å². The average molecular weight is 541 g/mol. The highest BCUT2D eigenvalue weighted by Gasteiger charge is 2.14. The number of carbonyl (C=O) groups excluding carboxylic acids is 1. The van der Waals surface area contributed by atoms with Crippen LogP contribution >= 0.6 is 0 Å². The smallest absolute Gasteiger partial charge is 0.333 e. The fraction of sp³-hybridized carbons (Fsp3) is 0.229. The first-order valence-electron chi connectivity index (χ1n) is 13.5. The van der Waals surface area contributed by atoms with Crippen molar-refractivity contribution in [2.24, 2.45) is 0 Å². The molecule has 4 aromatic carbocycles. The Kier molecular flexibility index (Phi) is 9.62. The van der Waals surface area contributed by atoms with Crippen molar-refractivity contribution >= 4 is 5.97 Å². The topological polar surface area (TPSA) is 46.5 Å². The monoisotopic (exact) mass is 540 g/mol. The van der Waals surface area contributed by atoms with Gasteiger partial charge in [0.15, 0.2) is 0 Å². The van der Waals surface area contributed by atoms with Gasteiger partial charge < -0.3 is 9.84 Å². The number of unbranched alkanes of at least 4 members (excludes halogenated alkanes) is 2. The van der Waals surface area contributed by atoms with E-state index in [0.29, 0.717) is 33.4 Å². The number of benzene rings is 4. The number of hydrogen-bond acceptors (Lipinski definition) is 3. The van der Waals surface area contributed by atoms with Crippen LogP contribution < -0.4 is 0 Å². The van der Waals surface area contributed by atoms with E-state index in [-0.39, 0.29) is 18.8 Å². The Morgan fingerprint density at radius 2 is 1.35 bits per heavy atom. The lowest BCUT2D eigenvalue weighted by Gasteiger charge is -2.13. The van der Waals surface area contributed by atoms with Gasteiger partial charge in [-0.25, -0.2) is 13.6 Å². The van der Waals surface area contributed by atoms with Gasteiger partial charge in [0.2, 0.25) is 0 Å². The van der Waals surface area contributed by atoms with Crippen LogP contribution in [0.1, 0.15) is 49.8 Å². The number of carbonyl (C=O) groups is 1. The van der Waals surface area contributed by atoms with E-state index in [4.69, 9.17) is 4.74 Å². The van der Waals surface area contributed by atoms with Crippen molar-refractivity contribution in [3.63, 3.8) is 0 Å². The maximum Gasteiger partial charge on any atom is 0.333 e. The molecule has 40 heavy (non-hydrogen) atoms. The summed E-state index contributed by atoms with van der Waals surface area (Å²) in [5.74, 6) is -1.48. The van der Waals surface area contributed by atoms with Crippen LogP contribution in [0.5, 0.6) is 0 Å². The summed E-state index contributed by atoms with van der Waals surface area (Å²) in [4.78, 5) is 11.8. The van der Waals surface area contributed by atoms with Gasteiger partial charge in [0, 0.05) is 16.7 Å². The van der Waals surface area contributed by atoms with Crippen molar-refractivity contribution in [1.29, 1.82) is 0 Å². The Balaban J connectivity index is 1.55. The van der Waals surface area contributed by atoms with E-state index < -0.39 is 17.6 Å². The number of halogens is 2. The molecule has 4 aromatic rings. The largest absolute Gasteiger partial charge is 0.457 e. The first kappa shape index (κ1) is 28.9. The highest BCUT2D eigenvalue weighted by atomic mass is 19.1. The quantitative estimate of drug-likeness (QED) is 0.117. The van der Waals surface area contributed by atoms with Gasteiger partial charge in [-0.3, -0.25) is 0 Å². The van der Waals surface area contributed by atoms with Crippen molar-refractivity contribution in [3.8, 4) is 33.4 Å². The summed E-state index contributed by atoms with van der Waals surface area (Å²) >= 11 is 0. The molecule has 0 aliphatic carbocycles. The molecule has 0 amide bonds. The Morgan fingerprint density at radius 3 is 1.95 bits per heavy atom. The van der Waals surface area contributed by atoms with Crippen LogP contribution in [0.4, 0.5) is 8.78 Å². The summed E-state index contributed by atoms with van der Waals surface area (Å²) in [6.45, 7) is 6.97. The molecule has 0 aliphatic heterocycles. The Labute approximate surface area is 234 Å². The van der Waals surface area contributed by atoms with Crippen LogP contribution in [0, 0.1) is 11.6 Å². The fourth-order valence-electron chi connectivity index (χ4n) is 4.64. The SMILES string of the molecule is C=C(C)C(=O)OCc1cc(-c2ccc(-c3ccc(-c4ccc(CCCCC)cc4)cc3F)cc2F)ccc1CO. The van der Waals surface area contributed by atoms with E-state index >= 15 is 8.78 Å². The second-order valence-electron chi connectivity index (χ2n) is 10.0. The third-order valence-corrected chi connectivity index (χ3v) is 7.00. The van der Waals surface area contributed by atoms with Gasteiger partial charge in [0.05, 0.1) is 6.61 Å². The van der Waals surface area contributed by atoms with Crippen molar-refractivity contribution in [3.05, 3.63) is 119 Å². The number of aliphatic hydroxyl groups is 1. The number of aryl methyl sites for hydroxylation is 1. The molecule has 0 saturated heterocycles. The summed E-state index contributed by atoms with van der Waals surface area (Å²) < 4.78 is 35.7. The summed E-state index contributed by atoms with van der Waals surface area (Å²) in [5, 5.41) is 9.67. The zero-order valence-corrected chi connectivity index (χ0v) is 23.0. The van der Waals surface area contributed by atoms with Crippen molar-refractivity contribution < 1.29 is 23.4 Å². The van der Waals surface area contributed by atoms with Crippen LogP contribution in [0.3, 0.4) is 0 Å². The van der Waals surface area contributed by atoms with Gasteiger partial charge in [-0.2, -0.15) is 0 Å². The number of aliphatic hydroxyl groups excluding tert-OH is 1. The maximum absolute atomic E-state index is 15.3. The average Bonchev–Trinajstić information content (AvgIpc) is 2.96. The minimum absolute atomic E-state index is 0.0751. The first-order chi connectivity index (χ1) is 19.3. The van der Waals surface area contributed by atoms with Crippen LogP contribution in [0.2, 0.25) is 0 Å². The molecule has 0 fully saturated rings. The van der Waals surface area contributed by atoms with E-state index in [0.717, 1.165) is 24.0 Å². The number of hydrogen-bond donors (Lipinski definition) is 1. The zero-order valence-electron chi connectivity index (χ0n) is 23.0. The van der Waals surface area contributed by atoms with Crippen LogP contribution in [0.25, 0.3) is 33.4 Å². The lowest BCUT2D eigenvalue weighted by Crippen LogP contribution is -2.06. The molecule has 0 radical (unpaired) electrons. The number of esters is 1. The van der Waals surface area contributed by atoms with Gasteiger partial charge in [-0.15, -0.1) is 0 Å². The van der Waals surface area contributed by atoms with Gasteiger partial charge in [-0.1, -0.05) is 87.0 Å². The fourth-order valence-corrected chi connectivity index (χ4v) is 4.64. The zero-order chi connectivity index (χ0) is 28.6. The number of rotatable bonds is 11. The first-order valence-corrected chi connectivity index (χ1v) is 13.5. The molecule has 206 valence electrons. The molecule has 0 unspecified atom stereocenters. The third-order valence-electron chi connectivity index (χ3n) is 7.00. The highest BCUT2D eigenvalue weighted by molar-refractivity contribution is 5.87. The molecular weight excluding hydrogens is 506 g/mol. The molecule has 0 aromatic heterocycles. The molecule has 0 bridgehead atoms. The van der Waals surface area contributed by atoms with E-state index in [1.807, 2.05) is 18.2 Å². The summed E-state index contributed by atoms with van der Waals surface area (Å²) in [7, 11) is 0. The molecule has 0 aliphatic rings. The van der Waals surface area contributed by atoms with Gasteiger partial charge in [0.1, 0.15) is 18.2 Å². The molecule has 5 heteroatoms. The number of ether oxygens (including phenoxy) is 1. The third kappa shape index (κ3) is 6.91.